The number of hydrogen-bond acceptors (Lipinski definition) is 6. The zero-order chi connectivity index (χ0) is 15.2. The van der Waals surface area contributed by atoms with E-state index in [1.165, 1.54) is 0 Å². The van der Waals surface area contributed by atoms with Crippen molar-refractivity contribution in [3.05, 3.63) is 23.6 Å². The van der Waals surface area contributed by atoms with E-state index in [4.69, 9.17) is 14.2 Å². The van der Waals surface area contributed by atoms with Gasteiger partial charge in [-0.3, -0.25) is 0 Å². The molecule has 0 aliphatic heterocycles. The summed E-state index contributed by atoms with van der Waals surface area (Å²) in [5, 5.41) is 6.21. The average molecular weight is 308 g/mol. The van der Waals surface area contributed by atoms with Gasteiger partial charge in [0.2, 0.25) is 0 Å². The van der Waals surface area contributed by atoms with E-state index in [2.05, 4.69) is 17.2 Å². The topological polar surface area (TPSA) is 52.6 Å². The number of nitrogens with one attached hydrogen (secondary N) is 1. The van der Waals surface area contributed by atoms with Crippen molar-refractivity contribution in [3.63, 3.8) is 0 Å². The second-order valence-corrected chi connectivity index (χ2v) is 5.47. The van der Waals surface area contributed by atoms with Crippen LogP contribution in [0.15, 0.2) is 23.6 Å². The predicted molar refractivity (Wildman–Crippen MR) is 85.6 cm³/mol. The lowest BCUT2D eigenvalue weighted by molar-refractivity contribution is 0.190. The van der Waals surface area contributed by atoms with Crippen molar-refractivity contribution < 1.29 is 14.2 Å². The molecule has 1 atom stereocenters. The van der Waals surface area contributed by atoms with Crippen molar-refractivity contribution in [1.82, 2.24) is 4.98 Å². The molecule has 0 saturated carbocycles. The van der Waals surface area contributed by atoms with Gasteiger partial charge in [0.1, 0.15) is 0 Å². The van der Waals surface area contributed by atoms with E-state index < -0.39 is 0 Å². The second-order valence-electron chi connectivity index (χ2n) is 4.61. The van der Waals surface area contributed by atoms with Crippen molar-refractivity contribution in [3.8, 4) is 22.8 Å². The molecule has 114 valence electrons. The fourth-order valence-electron chi connectivity index (χ4n) is 1.97. The lowest BCUT2D eigenvalue weighted by Gasteiger charge is -2.11. The molecule has 2 rings (SSSR count). The number of nitrogens with zero attached hydrogens (tertiary/aromatic N) is 1. The summed E-state index contributed by atoms with van der Waals surface area (Å²) in [4.78, 5) is 4.59. The molecular formula is C15H20N2O3S. The lowest BCUT2D eigenvalue weighted by atomic mass is 10.1. The minimum Gasteiger partial charge on any atom is -0.493 e. The summed E-state index contributed by atoms with van der Waals surface area (Å²) in [6.45, 7) is 2.70. The molecule has 5 nitrogen and oxygen atoms in total. The molecule has 2 aromatic rings. The SMILES string of the molecule is COC[C@@H](C)Nc1nc(-c2ccc(OC)c(OC)c2)cs1. The molecule has 1 aromatic carbocycles. The molecular weight excluding hydrogens is 288 g/mol. The van der Waals surface area contributed by atoms with Crippen LogP contribution in [-0.4, -0.2) is 39.0 Å². The first-order valence-corrected chi connectivity index (χ1v) is 7.49. The molecule has 0 unspecified atom stereocenters. The first kappa shape index (κ1) is 15.6. The van der Waals surface area contributed by atoms with Gasteiger partial charge in [0.05, 0.1) is 26.5 Å². The number of benzene rings is 1. The lowest BCUT2D eigenvalue weighted by Crippen LogP contribution is -2.20. The van der Waals surface area contributed by atoms with Crippen LogP contribution in [0.5, 0.6) is 11.5 Å². The van der Waals surface area contributed by atoms with E-state index >= 15 is 0 Å². The number of anilines is 1. The van der Waals surface area contributed by atoms with Crippen molar-refractivity contribution in [1.29, 1.82) is 0 Å². The van der Waals surface area contributed by atoms with Gasteiger partial charge in [-0.25, -0.2) is 4.98 Å². The molecule has 0 fully saturated rings. The third kappa shape index (κ3) is 3.86. The van der Waals surface area contributed by atoms with Gasteiger partial charge < -0.3 is 19.5 Å². The molecule has 0 spiro atoms. The standard InChI is InChI=1S/C15H20N2O3S/c1-10(8-18-2)16-15-17-12(9-21-15)11-5-6-13(19-3)14(7-11)20-4/h5-7,9-10H,8H2,1-4H3,(H,16,17)/t10-/m1/s1. The molecule has 1 N–H and O–H groups in total. The zero-order valence-electron chi connectivity index (χ0n) is 12.7. The Morgan fingerprint density at radius 3 is 2.62 bits per heavy atom. The first-order chi connectivity index (χ1) is 10.2. The Hall–Kier alpha value is -1.79. The van der Waals surface area contributed by atoms with Gasteiger partial charge in [0.25, 0.3) is 0 Å². The van der Waals surface area contributed by atoms with Crippen LogP contribution in [0, 0.1) is 0 Å². The van der Waals surface area contributed by atoms with Gasteiger partial charge in [-0.05, 0) is 25.1 Å². The third-order valence-corrected chi connectivity index (χ3v) is 3.74. The Balaban J connectivity index is 2.17. The van der Waals surface area contributed by atoms with Crippen LogP contribution >= 0.6 is 11.3 Å². The van der Waals surface area contributed by atoms with Crippen LogP contribution < -0.4 is 14.8 Å². The second kappa shape index (κ2) is 7.28. The van der Waals surface area contributed by atoms with Crippen molar-refractivity contribution >= 4 is 16.5 Å². The quantitative estimate of drug-likeness (QED) is 0.850. The highest BCUT2D eigenvalue weighted by atomic mass is 32.1. The minimum absolute atomic E-state index is 0.222. The Labute approximate surface area is 128 Å². The molecule has 0 aliphatic rings. The Kier molecular flexibility index (Phi) is 5.41. The maximum absolute atomic E-state index is 5.32. The van der Waals surface area contributed by atoms with Crippen LogP contribution in [-0.2, 0) is 4.74 Å². The Morgan fingerprint density at radius 2 is 1.95 bits per heavy atom. The van der Waals surface area contributed by atoms with Crippen LogP contribution in [0.1, 0.15) is 6.92 Å². The summed E-state index contributed by atoms with van der Waals surface area (Å²) in [7, 11) is 4.94. The van der Waals surface area contributed by atoms with Crippen molar-refractivity contribution in [2.24, 2.45) is 0 Å². The molecule has 1 heterocycles. The number of hydrogen-bond donors (Lipinski definition) is 1. The van der Waals surface area contributed by atoms with E-state index in [9.17, 15) is 0 Å². The van der Waals surface area contributed by atoms with Gasteiger partial charge in [-0.1, -0.05) is 0 Å². The molecule has 1 aromatic heterocycles. The molecule has 6 heteroatoms. The van der Waals surface area contributed by atoms with E-state index in [0.717, 1.165) is 16.4 Å². The highest BCUT2D eigenvalue weighted by molar-refractivity contribution is 7.14. The predicted octanol–water partition coefficient (Wildman–Crippen LogP) is 3.27. The third-order valence-electron chi connectivity index (χ3n) is 2.97. The molecule has 0 radical (unpaired) electrons. The normalized spacial score (nSPS) is 12.0. The smallest absolute Gasteiger partial charge is 0.183 e. The van der Waals surface area contributed by atoms with Gasteiger partial charge in [0.15, 0.2) is 16.6 Å². The van der Waals surface area contributed by atoms with Crippen LogP contribution in [0.3, 0.4) is 0 Å². The van der Waals surface area contributed by atoms with Gasteiger partial charge in [0, 0.05) is 24.1 Å². The van der Waals surface area contributed by atoms with Crippen LogP contribution in [0.2, 0.25) is 0 Å². The summed E-state index contributed by atoms with van der Waals surface area (Å²) in [5.74, 6) is 1.41. The zero-order valence-corrected chi connectivity index (χ0v) is 13.5. The number of rotatable bonds is 7. The number of methoxy groups -OCH3 is 3. The van der Waals surface area contributed by atoms with E-state index in [0.29, 0.717) is 18.1 Å². The number of thiazole rings is 1. The maximum atomic E-state index is 5.32. The van der Waals surface area contributed by atoms with Crippen LogP contribution in [0.25, 0.3) is 11.3 Å². The largest absolute Gasteiger partial charge is 0.493 e. The highest BCUT2D eigenvalue weighted by Gasteiger charge is 2.10. The fourth-order valence-corrected chi connectivity index (χ4v) is 2.80. The van der Waals surface area contributed by atoms with Crippen molar-refractivity contribution in [2.45, 2.75) is 13.0 Å². The van der Waals surface area contributed by atoms with Gasteiger partial charge in [-0.15, -0.1) is 11.3 Å². The number of aromatic nitrogens is 1. The molecule has 0 bridgehead atoms. The summed E-state index contributed by atoms with van der Waals surface area (Å²) >= 11 is 1.57. The monoisotopic (exact) mass is 308 g/mol. The molecule has 0 amide bonds. The summed E-state index contributed by atoms with van der Waals surface area (Å²) in [6, 6.07) is 6.00. The summed E-state index contributed by atoms with van der Waals surface area (Å²) in [5.41, 5.74) is 1.91. The first-order valence-electron chi connectivity index (χ1n) is 6.61. The Bertz CT molecular complexity index is 586. The van der Waals surface area contributed by atoms with Gasteiger partial charge in [-0.2, -0.15) is 0 Å². The van der Waals surface area contributed by atoms with E-state index in [-0.39, 0.29) is 6.04 Å². The summed E-state index contributed by atoms with van der Waals surface area (Å²) in [6.07, 6.45) is 0. The highest BCUT2D eigenvalue weighted by Crippen LogP contribution is 2.33. The average Bonchev–Trinajstić information content (AvgIpc) is 2.95. The van der Waals surface area contributed by atoms with E-state index in [1.54, 1.807) is 32.7 Å². The van der Waals surface area contributed by atoms with Gasteiger partial charge >= 0.3 is 0 Å². The molecule has 21 heavy (non-hydrogen) atoms. The van der Waals surface area contributed by atoms with Crippen LogP contribution in [0.4, 0.5) is 5.13 Å². The molecule has 0 aliphatic carbocycles. The fraction of sp³-hybridized carbons (Fsp3) is 0.400. The van der Waals surface area contributed by atoms with E-state index in [1.807, 2.05) is 23.6 Å². The molecule has 0 saturated heterocycles. The summed E-state index contributed by atoms with van der Waals surface area (Å²) < 4.78 is 15.7. The van der Waals surface area contributed by atoms with Crippen molar-refractivity contribution in [2.75, 3.05) is 33.3 Å². The minimum atomic E-state index is 0.222. The number of ether oxygens (including phenoxy) is 3. The Morgan fingerprint density at radius 1 is 1.19 bits per heavy atom. The maximum Gasteiger partial charge on any atom is 0.183 e.